The van der Waals surface area contributed by atoms with E-state index in [4.69, 9.17) is 14.2 Å². The minimum absolute atomic E-state index is 0.102. The van der Waals surface area contributed by atoms with Crippen molar-refractivity contribution in [3.8, 4) is 11.5 Å². The van der Waals surface area contributed by atoms with E-state index in [0.717, 1.165) is 36.1 Å². The smallest absolute Gasteiger partial charge is 0.414 e. The summed E-state index contributed by atoms with van der Waals surface area (Å²) in [6.07, 6.45) is 2.26. The van der Waals surface area contributed by atoms with Crippen LogP contribution in [0.4, 0.5) is 10.5 Å². The largest absolute Gasteiger partial charge is 0.497 e. The van der Waals surface area contributed by atoms with Crippen molar-refractivity contribution in [1.82, 2.24) is 4.90 Å². The zero-order valence-electron chi connectivity index (χ0n) is 19.4. The van der Waals surface area contributed by atoms with Gasteiger partial charge in [0.25, 0.3) is 0 Å². The predicted molar refractivity (Wildman–Crippen MR) is 127 cm³/mol. The van der Waals surface area contributed by atoms with E-state index in [1.165, 1.54) is 18.1 Å². The zero-order valence-corrected chi connectivity index (χ0v) is 19.4. The molecule has 1 aliphatic heterocycles. The molecule has 0 aromatic heterocycles. The Morgan fingerprint density at radius 3 is 2.73 bits per heavy atom. The van der Waals surface area contributed by atoms with Crippen LogP contribution in [-0.2, 0) is 22.5 Å². The number of carbonyl (C=O) groups excluding carboxylic acids is 2. The van der Waals surface area contributed by atoms with Gasteiger partial charge in [-0.15, -0.1) is 0 Å². The van der Waals surface area contributed by atoms with Crippen LogP contribution in [0.5, 0.6) is 11.5 Å². The van der Waals surface area contributed by atoms with Gasteiger partial charge in [0.15, 0.2) is 0 Å². The van der Waals surface area contributed by atoms with Crippen LogP contribution in [0, 0.1) is 0 Å². The van der Waals surface area contributed by atoms with Crippen LogP contribution in [-0.4, -0.2) is 50.3 Å². The highest BCUT2D eigenvalue weighted by molar-refractivity contribution is 5.90. The van der Waals surface area contributed by atoms with Gasteiger partial charge in [-0.1, -0.05) is 12.6 Å². The number of methoxy groups -OCH3 is 2. The van der Waals surface area contributed by atoms with Crippen LogP contribution in [0.15, 0.2) is 43.0 Å². The summed E-state index contributed by atoms with van der Waals surface area (Å²) < 4.78 is 16.3. The number of hydrogen-bond acceptors (Lipinski definition) is 5. The zero-order chi connectivity index (χ0) is 23.5. The molecule has 1 atom stereocenters. The number of aryl methyl sites for hydroxylation is 1. The molecule has 0 N–H and O–H groups in total. The molecule has 0 saturated carbocycles. The van der Waals surface area contributed by atoms with Crippen LogP contribution >= 0.6 is 0 Å². The lowest BCUT2D eigenvalue weighted by Gasteiger charge is -2.25. The highest BCUT2D eigenvalue weighted by atomic mass is 16.6. The topological polar surface area (TPSA) is 68.3 Å². The first kappa shape index (κ1) is 22.7. The third kappa shape index (κ3) is 4.82. The third-order valence-corrected chi connectivity index (χ3v) is 6.30. The van der Waals surface area contributed by atoms with Crippen molar-refractivity contribution < 1.29 is 23.8 Å². The van der Waals surface area contributed by atoms with E-state index < -0.39 is 6.10 Å². The molecule has 2 aliphatic rings. The Kier molecular flexibility index (Phi) is 6.58. The van der Waals surface area contributed by atoms with E-state index >= 15 is 0 Å². The molecule has 0 bridgehead atoms. The first-order valence-electron chi connectivity index (χ1n) is 11.1. The van der Waals surface area contributed by atoms with Gasteiger partial charge in [-0.05, 0) is 60.2 Å². The van der Waals surface area contributed by atoms with Crippen molar-refractivity contribution in [3.63, 3.8) is 0 Å². The number of amides is 2. The van der Waals surface area contributed by atoms with Crippen LogP contribution in [0.2, 0.25) is 0 Å². The number of fused-ring (bicyclic) bond motifs is 1. The summed E-state index contributed by atoms with van der Waals surface area (Å²) in [5.41, 5.74) is 5.23. The van der Waals surface area contributed by atoms with E-state index in [0.29, 0.717) is 31.1 Å². The fourth-order valence-electron chi connectivity index (χ4n) is 4.49. The molecule has 2 aromatic carbocycles. The first-order valence-corrected chi connectivity index (χ1v) is 11.1. The second-order valence-electron chi connectivity index (χ2n) is 8.49. The second-order valence-corrected chi connectivity index (χ2v) is 8.49. The van der Waals surface area contributed by atoms with Crippen LogP contribution < -0.4 is 14.4 Å². The molecular weight excluding hydrogens is 420 g/mol. The van der Waals surface area contributed by atoms with Crippen LogP contribution in [0.1, 0.15) is 36.5 Å². The molecule has 1 heterocycles. The molecule has 1 fully saturated rings. The highest BCUT2D eigenvalue weighted by Crippen LogP contribution is 2.33. The van der Waals surface area contributed by atoms with Crippen molar-refractivity contribution in [2.24, 2.45) is 0 Å². The number of cyclic esters (lactones) is 1. The van der Waals surface area contributed by atoms with Gasteiger partial charge in [-0.2, -0.15) is 0 Å². The number of allylic oxidation sites excluding steroid dienone is 1. The minimum Gasteiger partial charge on any atom is -0.497 e. The van der Waals surface area contributed by atoms with Crippen molar-refractivity contribution in [3.05, 3.63) is 59.7 Å². The molecule has 4 rings (SSSR count). The quantitative estimate of drug-likeness (QED) is 0.624. The molecular formula is C26H30N2O5. The number of hydrogen-bond donors (Lipinski definition) is 0. The lowest BCUT2D eigenvalue weighted by molar-refractivity contribution is -0.130. The van der Waals surface area contributed by atoms with E-state index in [1.807, 2.05) is 24.3 Å². The van der Waals surface area contributed by atoms with E-state index in [1.54, 1.807) is 30.1 Å². The average molecular weight is 451 g/mol. The van der Waals surface area contributed by atoms with E-state index in [9.17, 15) is 9.59 Å². The fraction of sp³-hybridized carbons (Fsp3) is 0.385. The first-order chi connectivity index (χ1) is 15.9. The summed E-state index contributed by atoms with van der Waals surface area (Å²) in [5, 5.41) is 0. The molecule has 1 aliphatic carbocycles. The maximum atomic E-state index is 12.6. The summed E-state index contributed by atoms with van der Waals surface area (Å²) in [6.45, 7) is 6.71. The van der Waals surface area contributed by atoms with Gasteiger partial charge >= 0.3 is 6.09 Å². The average Bonchev–Trinajstić information content (AvgIpc) is 3.18. The van der Waals surface area contributed by atoms with Crippen molar-refractivity contribution in [2.45, 2.75) is 38.8 Å². The Morgan fingerprint density at radius 1 is 1.18 bits per heavy atom. The summed E-state index contributed by atoms with van der Waals surface area (Å²) in [4.78, 5) is 28.3. The molecule has 2 aromatic rings. The number of benzene rings is 2. The Labute approximate surface area is 194 Å². The normalized spacial score (nSPS) is 17.4. The third-order valence-electron chi connectivity index (χ3n) is 6.30. The second kappa shape index (κ2) is 9.57. The molecule has 1 saturated heterocycles. The van der Waals surface area contributed by atoms with Crippen LogP contribution in [0.25, 0.3) is 5.57 Å². The Bertz CT molecular complexity index is 1080. The lowest BCUT2D eigenvalue weighted by atomic mass is 9.88. The number of carbonyl (C=O) groups is 2. The van der Waals surface area contributed by atoms with Gasteiger partial charge < -0.3 is 19.1 Å². The van der Waals surface area contributed by atoms with Crippen molar-refractivity contribution in [2.75, 3.05) is 32.2 Å². The van der Waals surface area contributed by atoms with Crippen molar-refractivity contribution in [1.29, 1.82) is 0 Å². The minimum atomic E-state index is -0.420. The summed E-state index contributed by atoms with van der Waals surface area (Å²) >= 11 is 0. The van der Waals surface area contributed by atoms with Gasteiger partial charge in [0.2, 0.25) is 5.91 Å². The van der Waals surface area contributed by atoms with Gasteiger partial charge in [0, 0.05) is 30.8 Å². The summed E-state index contributed by atoms with van der Waals surface area (Å²) in [6, 6.07) is 11.6. The molecule has 33 heavy (non-hydrogen) atoms. The van der Waals surface area contributed by atoms with Gasteiger partial charge in [0.05, 0.1) is 27.3 Å². The van der Waals surface area contributed by atoms with E-state index in [2.05, 4.69) is 12.6 Å². The van der Waals surface area contributed by atoms with Crippen LogP contribution in [0.3, 0.4) is 0 Å². The van der Waals surface area contributed by atoms with E-state index in [-0.39, 0.29) is 12.0 Å². The van der Waals surface area contributed by atoms with Crippen molar-refractivity contribution >= 4 is 23.3 Å². The number of rotatable bonds is 7. The number of nitrogens with zero attached hydrogens (tertiary/aromatic N) is 2. The fourth-order valence-corrected chi connectivity index (χ4v) is 4.49. The number of anilines is 1. The maximum Gasteiger partial charge on any atom is 0.414 e. The van der Waals surface area contributed by atoms with Gasteiger partial charge in [0.1, 0.15) is 17.6 Å². The maximum absolute atomic E-state index is 12.6. The standard InChI is InChI=1S/C26H30N2O5/c1-17-6-5-7-19-12-21(9-11-24(17)19)28-16-23(33-26(28)30)15-27(18(2)29)14-20-8-10-22(31-3)13-25(20)32-4/h8-13,23H,1,5-7,14-16H2,2-4H3. The molecule has 174 valence electrons. The Balaban J connectivity index is 1.47. The Hall–Kier alpha value is -3.48. The Morgan fingerprint density at radius 2 is 2.00 bits per heavy atom. The molecule has 0 radical (unpaired) electrons. The predicted octanol–water partition coefficient (Wildman–Crippen LogP) is 4.43. The SMILES string of the molecule is C=C1CCCc2cc(N3CC(CN(Cc4ccc(OC)cc4OC)C(C)=O)OC3=O)ccc21. The lowest BCUT2D eigenvalue weighted by Crippen LogP contribution is -2.37. The molecule has 1 unspecified atom stereocenters. The molecule has 0 spiro atoms. The number of ether oxygens (including phenoxy) is 3. The molecule has 2 amide bonds. The monoisotopic (exact) mass is 450 g/mol. The van der Waals surface area contributed by atoms with Gasteiger partial charge in [-0.25, -0.2) is 4.79 Å². The highest BCUT2D eigenvalue weighted by Gasteiger charge is 2.34. The summed E-state index contributed by atoms with van der Waals surface area (Å²) in [5.74, 6) is 1.22. The van der Waals surface area contributed by atoms with Gasteiger partial charge in [-0.3, -0.25) is 9.69 Å². The molecule has 7 nitrogen and oxygen atoms in total. The summed E-state index contributed by atoms with van der Waals surface area (Å²) in [7, 11) is 3.18. The molecule has 7 heteroatoms.